The van der Waals surface area contributed by atoms with E-state index in [1.54, 1.807) is 6.20 Å². The minimum Gasteiger partial charge on any atom is -0.361 e. The number of amides is 1. The van der Waals surface area contributed by atoms with Crippen LogP contribution in [-0.2, 0) is 17.6 Å². The van der Waals surface area contributed by atoms with Crippen molar-refractivity contribution in [2.45, 2.75) is 58.4 Å². The molecule has 3 aromatic heterocycles. The number of aryl methyl sites for hydroxylation is 3. The second-order valence-electron chi connectivity index (χ2n) is 7.46. The Hall–Kier alpha value is -3.03. The van der Waals surface area contributed by atoms with Gasteiger partial charge in [0.1, 0.15) is 11.5 Å². The largest absolute Gasteiger partial charge is 0.361 e. The molecule has 3 aromatic rings. The molecule has 0 aromatic carbocycles. The average molecular weight is 395 g/mol. The van der Waals surface area contributed by atoms with Crippen LogP contribution in [0, 0.1) is 13.8 Å². The molecule has 0 spiro atoms. The first-order valence-corrected chi connectivity index (χ1v) is 10.1. The topological polar surface area (TPSA) is 98.2 Å². The highest BCUT2D eigenvalue weighted by Crippen LogP contribution is 2.24. The second kappa shape index (κ2) is 8.55. The summed E-state index contributed by atoms with van der Waals surface area (Å²) in [6.07, 6.45) is 6.40. The van der Waals surface area contributed by atoms with Crippen molar-refractivity contribution in [1.29, 1.82) is 0 Å². The van der Waals surface area contributed by atoms with Gasteiger partial charge in [0.2, 0.25) is 5.91 Å². The van der Waals surface area contributed by atoms with Gasteiger partial charge in [-0.15, -0.1) is 0 Å². The molecule has 1 saturated heterocycles. The zero-order valence-corrected chi connectivity index (χ0v) is 16.8. The molecule has 0 saturated carbocycles. The van der Waals surface area contributed by atoms with Crippen LogP contribution in [0.15, 0.2) is 33.4 Å². The van der Waals surface area contributed by atoms with E-state index in [0.29, 0.717) is 36.7 Å². The lowest BCUT2D eigenvalue weighted by atomic mass is 10.1. The number of carbonyl (C=O) groups is 1. The Morgan fingerprint density at radius 1 is 1.21 bits per heavy atom. The summed E-state index contributed by atoms with van der Waals surface area (Å²) in [5.41, 5.74) is 2.58. The molecule has 1 atom stereocenters. The molecule has 1 aliphatic rings. The Morgan fingerprint density at radius 3 is 2.86 bits per heavy atom. The molecule has 4 heterocycles. The van der Waals surface area contributed by atoms with Gasteiger partial charge in [-0.1, -0.05) is 16.4 Å². The SMILES string of the molecule is Cc1noc(C)c1CCC(=O)N1CCCC1CCc1noc(-c2ccccn2)n1. The van der Waals surface area contributed by atoms with Gasteiger partial charge in [-0.2, -0.15) is 4.98 Å². The van der Waals surface area contributed by atoms with Gasteiger partial charge in [0.25, 0.3) is 5.89 Å². The van der Waals surface area contributed by atoms with Crippen LogP contribution in [-0.4, -0.2) is 43.7 Å². The number of hydrogen-bond acceptors (Lipinski definition) is 7. The summed E-state index contributed by atoms with van der Waals surface area (Å²) in [7, 11) is 0. The lowest BCUT2D eigenvalue weighted by Gasteiger charge is -2.24. The molecule has 0 N–H and O–H groups in total. The Morgan fingerprint density at radius 2 is 2.10 bits per heavy atom. The maximum Gasteiger partial charge on any atom is 0.276 e. The summed E-state index contributed by atoms with van der Waals surface area (Å²) in [6.45, 7) is 4.62. The van der Waals surface area contributed by atoms with Crippen LogP contribution in [0.3, 0.4) is 0 Å². The first-order valence-electron chi connectivity index (χ1n) is 10.1. The zero-order chi connectivity index (χ0) is 20.2. The minimum absolute atomic E-state index is 0.190. The number of pyridine rings is 1. The molecule has 1 aliphatic heterocycles. The lowest BCUT2D eigenvalue weighted by Crippen LogP contribution is -2.36. The molecule has 4 rings (SSSR count). The molecule has 8 nitrogen and oxygen atoms in total. The fourth-order valence-corrected chi connectivity index (χ4v) is 3.94. The number of hydrogen-bond donors (Lipinski definition) is 0. The second-order valence-corrected chi connectivity index (χ2v) is 7.46. The fraction of sp³-hybridized carbons (Fsp3) is 0.476. The van der Waals surface area contributed by atoms with E-state index < -0.39 is 0 Å². The lowest BCUT2D eigenvalue weighted by molar-refractivity contribution is -0.132. The van der Waals surface area contributed by atoms with Gasteiger partial charge in [0, 0.05) is 37.2 Å². The Labute approximate surface area is 169 Å². The highest BCUT2D eigenvalue weighted by atomic mass is 16.5. The number of likely N-dealkylation sites (tertiary alicyclic amines) is 1. The number of nitrogens with zero attached hydrogens (tertiary/aromatic N) is 5. The van der Waals surface area contributed by atoms with Gasteiger partial charge < -0.3 is 13.9 Å². The minimum atomic E-state index is 0.190. The first-order chi connectivity index (χ1) is 14.1. The first kappa shape index (κ1) is 19.3. The quantitative estimate of drug-likeness (QED) is 0.605. The predicted octanol–water partition coefficient (Wildman–Crippen LogP) is 3.29. The van der Waals surface area contributed by atoms with E-state index in [-0.39, 0.29) is 11.9 Å². The van der Waals surface area contributed by atoms with Gasteiger partial charge >= 0.3 is 0 Å². The van der Waals surface area contributed by atoms with Crippen molar-refractivity contribution in [3.8, 4) is 11.6 Å². The maximum absolute atomic E-state index is 12.8. The van der Waals surface area contributed by atoms with E-state index in [2.05, 4.69) is 20.3 Å². The van der Waals surface area contributed by atoms with Crippen LogP contribution < -0.4 is 0 Å². The Bertz CT molecular complexity index is 946. The van der Waals surface area contributed by atoms with Crippen molar-refractivity contribution in [3.63, 3.8) is 0 Å². The molecule has 29 heavy (non-hydrogen) atoms. The number of aromatic nitrogens is 4. The van der Waals surface area contributed by atoms with Crippen LogP contribution in [0.25, 0.3) is 11.6 Å². The van der Waals surface area contributed by atoms with Crippen LogP contribution in [0.1, 0.15) is 48.5 Å². The summed E-state index contributed by atoms with van der Waals surface area (Å²) in [5, 5.41) is 8.03. The molecule has 152 valence electrons. The summed E-state index contributed by atoms with van der Waals surface area (Å²) in [4.78, 5) is 23.5. The van der Waals surface area contributed by atoms with Crippen molar-refractivity contribution < 1.29 is 13.8 Å². The van der Waals surface area contributed by atoms with Crippen molar-refractivity contribution in [3.05, 3.63) is 47.2 Å². The van der Waals surface area contributed by atoms with Crippen molar-refractivity contribution in [1.82, 2.24) is 25.2 Å². The third-order valence-electron chi connectivity index (χ3n) is 5.52. The zero-order valence-electron chi connectivity index (χ0n) is 16.8. The average Bonchev–Trinajstić information content (AvgIpc) is 3.46. The molecule has 8 heteroatoms. The molecule has 0 bridgehead atoms. The molecule has 0 aliphatic carbocycles. The molecule has 0 radical (unpaired) electrons. The summed E-state index contributed by atoms with van der Waals surface area (Å²) in [6, 6.07) is 5.80. The Balaban J connectivity index is 1.32. The van der Waals surface area contributed by atoms with E-state index in [4.69, 9.17) is 9.05 Å². The fourth-order valence-electron chi connectivity index (χ4n) is 3.94. The van der Waals surface area contributed by atoms with E-state index in [9.17, 15) is 4.79 Å². The number of carbonyl (C=O) groups excluding carboxylic acids is 1. The van der Waals surface area contributed by atoms with E-state index in [1.807, 2.05) is 36.9 Å². The summed E-state index contributed by atoms with van der Waals surface area (Å²) >= 11 is 0. The van der Waals surface area contributed by atoms with Gasteiger partial charge in [0.15, 0.2) is 5.82 Å². The van der Waals surface area contributed by atoms with Crippen molar-refractivity contribution >= 4 is 5.91 Å². The van der Waals surface area contributed by atoms with E-state index >= 15 is 0 Å². The van der Waals surface area contributed by atoms with Crippen LogP contribution in [0.4, 0.5) is 0 Å². The molecule has 1 fully saturated rings. The van der Waals surface area contributed by atoms with Crippen LogP contribution >= 0.6 is 0 Å². The molecular formula is C21H25N5O3. The van der Waals surface area contributed by atoms with E-state index in [0.717, 1.165) is 42.8 Å². The standard InChI is InChI=1S/C21H25N5O3/c1-14-17(15(2)28-24-14)9-11-20(27)26-13-5-6-16(26)8-10-19-23-21(29-25-19)18-7-3-4-12-22-18/h3-4,7,12,16H,5-6,8-11,13H2,1-2H3. The Kier molecular flexibility index (Phi) is 5.69. The predicted molar refractivity (Wildman–Crippen MR) is 105 cm³/mol. The highest BCUT2D eigenvalue weighted by molar-refractivity contribution is 5.77. The third kappa shape index (κ3) is 4.36. The monoisotopic (exact) mass is 395 g/mol. The smallest absolute Gasteiger partial charge is 0.276 e. The van der Waals surface area contributed by atoms with Crippen molar-refractivity contribution in [2.24, 2.45) is 0 Å². The molecule has 1 amide bonds. The van der Waals surface area contributed by atoms with Gasteiger partial charge in [-0.05, 0) is 51.7 Å². The van der Waals surface area contributed by atoms with Gasteiger partial charge in [0.05, 0.1) is 5.69 Å². The number of rotatable bonds is 7. The molecule has 1 unspecified atom stereocenters. The summed E-state index contributed by atoms with van der Waals surface area (Å²) < 4.78 is 10.5. The highest BCUT2D eigenvalue weighted by Gasteiger charge is 2.29. The van der Waals surface area contributed by atoms with Crippen molar-refractivity contribution in [2.75, 3.05) is 6.54 Å². The summed E-state index contributed by atoms with van der Waals surface area (Å²) in [5.74, 6) is 2.07. The molecular weight excluding hydrogens is 370 g/mol. The van der Waals surface area contributed by atoms with Crippen LogP contribution in [0.2, 0.25) is 0 Å². The van der Waals surface area contributed by atoms with Crippen LogP contribution in [0.5, 0.6) is 0 Å². The van der Waals surface area contributed by atoms with E-state index in [1.165, 1.54) is 0 Å². The van der Waals surface area contributed by atoms with Gasteiger partial charge in [-0.25, -0.2) is 0 Å². The third-order valence-corrected chi connectivity index (χ3v) is 5.52. The maximum atomic E-state index is 12.8. The van der Waals surface area contributed by atoms with Gasteiger partial charge in [-0.3, -0.25) is 9.78 Å². The normalized spacial score (nSPS) is 16.5.